The molecule has 3 heterocycles. The van der Waals surface area contributed by atoms with Crippen LogP contribution in [0, 0.1) is 6.92 Å². The Morgan fingerprint density at radius 1 is 1.23 bits per heavy atom. The highest BCUT2D eigenvalue weighted by Gasteiger charge is 2.29. The van der Waals surface area contributed by atoms with Crippen molar-refractivity contribution in [2.45, 2.75) is 38.6 Å². The van der Waals surface area contributed by atoms with Gasteiger partial charge in [-0.1, -0.05) is 35.5 Å². The summed E-state index contributed by atoms with van der Waals surface area (Å²) in [6.45, 7) is 3.81. The van der Waals surface area contributed by atoms with Crippen molar-refractivity contribution in [3.05, 3.63) is 77.5 Å². The highest BCUT2D eigenvalue weighted by Crippen LogP contribution is 2.38. The maximum Gasteiger partial charge on any atom is 0.258 e. The van der Waals surface area contributed by atoms with Crippen molar-refractivity contribution < 1.29 is 9.32 Å². The molecule has 4 aromatic rings. The zero-order chi connectivity index (χ0) is 21.4. The standard InChI is InChI=1S/C23H22N6O2/c1-14(16-6-4-3-5-7-16)26-22(30)19-13-25-29(15(19)2)20-12-18(10-11-24-20)23-27-21(28-31-23)17-8-9-17/h3-7,10-14,17H,8-9H2,1-2H3,(H,26,30). The molecule has 1 saturated carbocycles. The second-order valence-corrected chi connectivity index (χ2v) is 7.80. The molecule has 0 bridgehead atoms. The van der Waals surface area contributed by atoms with Crippen molar-refractivity contribution in [3.63, 3.8) is 0 Å². The van der Waals surface area contributed by atoms with E-state index in [-0.39, 0.29) is 11.9 Å². The van der Waals surface area contributed by atoms with E-state index in [0.717, 1.165) is 29.8 Å². The van der Waals surface area contributed by atoms with Crippen molar-refractivity contribution in [2.24, 2.45) is 0 Å². The Bertz CT molecular complexity index is 1230. The molecule has 1 aromatic carbocycles. The molecule has 1 N–H and O–H groups in total. The number of pyridine rings is 1. The van der Waals surface area contributed by atoms with E-state index in [4.69, 9.17) is 4.52 Å². The SMILES string of the molecule is Cc1c(C(=O)NC(C)c2ccccc2)cnn1-c1cc(-c2nc(C3CC3)no2)ccn1. The van der Waals surface area contributed by atoms with Crippen molar-refractivity contribution >= 4 is 5.91 Å². The Balaban J connectivity index is 1.37. The number of hydrogen-bond donors (Lipinski definition) is 1. The lowest BCUT2D eigenvalue weighted by Gasteiger charge is -2.14. The summed E-state index contributed by atoms with van der Waals surface area (Å²) in [5, 5.41) is 11.5. The highest BCUT2D eigenvalue weighted by molar-refractivity contribution is 5.95. The van der Waals surface area contributed by atoms with E-state index in [1.807, 2.05) is 56.3 Å². The van der Waals surface area contributed by atoms with E-state index in [1.165, 1.54) is 0 Å². The normalized spacial score (nSPS) is 14.4. The van der Waals surface area contributed by atoms with Gasteiger partial charge in [0.15, 0.2) is 11.6 Å². The van der Waals surface area contributed by atoms with Gasteiger partial charge in [-0.2, -0.15) is 10.1 Å². The lowest BCUT2D eigenvalue weighted by atomic mass is 10.1. The topological polar surface area (TPSA) is 98.7 Å². The molecule has 8 nitrogen and oxygen atoms in total. The molecule has 0 saturated heterocycles. The molecule has 0 aliphatic heterocycles. The summed E-state index contributed by atoms with van der Waals surface area (Å²) in [5.41, 5.74) is 3.01. The Morgan fingerprint density at radius 3 is 2.81 bits per heavy atom. The number of carbonyl (C=O) groups excluding carboxylic acids is 1. The van der Waals surface area contributed by atoms with E-state index in [2.05, 4.69) is 25.5 Å². The molecule has 0 spiro atoms. The van der Waals surface area contributed by atoms with Gasteiger partial charge in [-0.3, -0.25) is 4.79 Å². The first-order valence-electron chi connectivity index (χ1n) is 10.3. The summed E-state index contributed by atoms with van der Waals surface area (Å²) in [5.74, 6) is 2.05. The lowest BCUT2D eigenvalue weighted by Crippen LogP contribution is -2.27. The molecule has 8 heteroatoms. The summed E-state index contributed by atoms with van der Waals surface area (Å²) < 4.78 is 7.06. The monoisotopic (exact) mass is 414 g/mol. The van der Waals surface area contributed by atoms with Crippen LogP contribution in [0.5, 0.6) is 0 Å². The van der Waals surface area contributed by atoms with Gasteiger partial charge in [0.1, 0.15) is 0 Å². The third kappa shape index (κ3) is 3.84. The van der Waals surface area contributed by atoms with Gasteiger partial charge in [0.2, 0.25) is 0 Å². The van der Waals surface area contributed by atoms with E-state index in [1.54, 1.807) is 17.1 Å². The molecular formula is C23H22N6O2. The second-order valence-electron chi connectivity index (χ2n) is 7.80. The van der Waals surface area contributed by atoms with Crippen LogP contribution in [0.1, 0.15) is 59.2 Å². The van der Waals surface area contributed by atoms with E-state index in [0.29, 0.717) is 28.9 Å². The minimum absolute atomic E-state index is 0.115. The number of aromatic nitrogens is 5. The molecule has 1 atom stereocenters. The van der Waals surface area contributed by atoms with Crippen LogP contribution in [0.25, 0.3) is 17.3 Å². The molecule has 1 amide bonds. The minimum Gasteiger partial charge on any atom is -0.345 e. The van der Waals surface area contributed by atoms with E-state index in [9.17, 15) is 4.79 Å². The number of nitrogens with zero attached hydrogens (tertiary/aromatic N) is 5. The third-order valence-corrected chi connectivity index (χ3v) is 5.50. The van der Waals surface area contributed by atoms with Gasteiger partial charge in [-0.15, -0.1) is 0 Å². The molecule has 5 rings (SSSR count). The maximum absolute atomic E-state index is 12.8. The zero-order valence-corrected chi connectivity index (χ0v) is 17.3. The summed E-state index contributed by atoms with van der Waals surface area (Å²) in [6.07, 6.45) is 5.46. The van der Waals surface area contributed by atoms with Gasteiger partial charge in [0.25, 0.3) is 11.8 Å². The summed E-state index contributed by atoms with van der Waals surface area (Å²) in [4.78, 5) is 21.7. The molecule has 1 fully saturated rings. The number of amides is 1. The van der Waals surface area contributed by atoms with Crippen LogP contribution in [0.3, 0.4) is 0 Å². The second kappa shape index (κ2) is 7.79. The predicted octanol–water partition coefficient (Wildman–Crippen LogP) is 3.99. The molecule has 31 heavy (non-hydrogen) atoms. The molecule has 0 radical (unpaired) electrons. The third-order valence-electron chi connectivity index (χ3n) is 5.50. The van der Waals surface area contributed by atoms with Crippen molar-refractivity contribution in [1.82, 2.24) is 30.2 Å². The minimum atomic E-state index is -0.178. The number of nitrogens with one attached hydrogen (secondary N) is 1. The fourth-order valence-corrected chi connectivity index (χ4v) is 3.49. The van der Waals surface area contributed by atoms with Crippen LogP contribution in [0.15, 0.2) is 59.4 Å². The Hall–Kier alpha value is -3.81. The summed E-state index contributed by atoms with van der Waals surface area (Å²) >= 11 is 0. The highest BCUT2D eigenvalue weighted by atomic mass is 16.5. The first kappa shape index (κ1) is 19.2. The number of carbonyl (C=O) groups is 1. The van der Waals surface area contributed by atoms with Crippen molar-refractivity contribution in [2.75, 3.05) is 0 Å². The van der Waals surface area contributed by atoms with Crippen LogP contribution in [0.2, 0.25) is 0 Å². The van der Waals surface area contributed by atoms with Crippen LogP contribution in [-0.2, 0) is 0 Å². The van der Waals surface area contributed by atoms with Gasteiger partial charge in [0.05, 0.1) is 23.5 Å². The molecular weight excluding hydrogens is 392 g/mol. The summed E-state index contributed by atoms with van der Waals surface area (Å²) in [6, 6.07) is 13.4. The van der Waals surface area contributed by atoms with Crippen molar-refractivity contribution in [3.8, 4) is 17.3 Å². The van der Waals surface area contributed by atoms with E-state index >= 15 is 0 Å². The van der Waals surface area contributed by atoms with Gasteiger partial charge in [-0.05, 0) is 44.4 Å². The molecule has 1 aliphatic rings. The molecule has 3 aromatic heterocycles. The quantitative estimate of drug-likeness (QED) is 0.512. The van der Waals surface area contributed by atoms with Crippen LogP contribution < -0.4 is 5.32 Å². The molecule has 1 unspecified atom stereocenters. The average molecular weight is 414 g/mol. The first-order chi connectivity index (χ1) is 15.1. The predicted molar refractivity (Wildman–Crippen MR) is 114 cm³/mol. The maximum atomic E-state index is 12.8. The first-order valence-corrected chi connectivity index (χ1v) is 10.3. The lowest BCUT2D eigenvalue weighted by molar-refractivity contribution is 0.0939. The number of hydrogen-bond acceptors (Lipinski definition) is 6. The van der Waals surface area contributed by atoms with Gasteiger partial charge in [-0.25, -0.2) is 9.67 Å². The Labute approximate surface area is 179 Å². The average Bonchev–Trinajstić information content (AvgIpc) is 3.39. The summed E-state index contributed by atoms with van der Waals surface area (Å²) in [7, 11) is 0. The molecule has 156 valence electrons. The van der Waals surface area contributed by atoms with E-state index < -0.39 is 0 Å². The fraction of sp³-hybridized carbons (Fsp3) is 0.261. The Morgan fingerprint density at radius 2 is 2.03 bits per heavy atom. The fourth-order valence-electron chi connectivity index (χ4n) is 3.49. The Kier molecular flexibility index (Phi) is 4.82. The van der Waals surface area contributed by atoms with Crippen LogP contribution in [-0.4, -0.2) is 30.8 Å². The van der Waals surface area contributed by atoms with Crippen molar-refractivity contribution in [1.29, 1.82) is 0 Å². The number of rotatable bonds is 6. The van der Waals surface area contributed by atoms with Gasteiger partial charge >= 0.3 is 0 Å². The van der Waals surface area contributed by atoms with Crippen LogP contribution in [0.4, 0.5) is 0 Å². The smallest absolute Gasteiger partial charge is 0.258 e. The molecule has 1 aliphatic carbocycles. The largest absolute Gasteiger partial charge is 0.345 e. The zero-order valence-electron chi connectivity index (χ0n) is 17.3. The number of benzene rings is 1. The van der Waals surface area contributed by atoms with Gasteiger partial charge < -0.3 is 9.84 Å². The van der Waals surface area contributed by atoms with Crippen LogP contribution >= 0.6 is 0 Å². The van der Waals surface area contributed by atoms with Gasteiger partial charge in [0, 0.05) is 17.7 Å².